The molecule has 1 amide bonds. The number of ether oxygens (including phenoxy) is 1. The third kappa shape index (κ3) is 5.64. The zero-order valence-electron chi connectivity index (χ0n) is 17.1. The summed E-state index contributed by atoms with van der Waals surface area (Å²) in [4.78, 5) is 16.8. The second-order valence-corrected chi connectivity index (χ2v) is 12.9. The van der Waals surface area contributed by atoms with Crippen molar-refractivity contribution >= 4 is 14.2 Å². The molecule has 0 aliphatic heterocycles. The van der Waals surface area contributed by atoms with Gasteiger partial charge in [0, 0.05) is 6.20 Å². The van der Waals surface area contributed by atoms with Crippen LogP contribution in [0.5, 0.6) is 5.75 Å². The van der Waals surface area contributed by atoms with Gasteiger partial charge in [0.25, 0.3) is 5.91 Å². The van der Waals surface area contributed by atoms with E-state index in [1.807, 2.05) is 24.3 Å². The van der Waals surface area contributed by atoms with E-state index in [-0.39, 0.29) is 17.0 Å². The van der Waals surface area contributed by atoms with E-state index in [2.05, 4.69) is 44.2 Å². The topological polar surface area (TPSA) is 60.5 Å². The number of benzene rings is 1. The highest BCUT2D eigenvalue weighted by Crippen LogP contribution is 2.37. The zero-order valence-corrected chi connectivity index (χ0v) is 18.1. The molecule has 1 atom stereocenters. The van der Waals surface area contributed by atoms with Crippen LogP contribution in [0, 0.1) is 0 Å². The van der Waals surface area contributed by atoms with Crippen LogP contribution in [0.2, 0.25) is 18.1 Å². The molecule has 2 rings (SSSR count). The minimum Gasteiger partial charge on any atom is -0.497 e. The number of aromatic nitrogens is 1. The number of nitrogens with one attached hydrogen (secondary N) is 1. The predicted molar refractivity (Wildman–Crippen MR) is 111 cm³/mol. The summed E-state index contributed by atoms with van der Waals surface area (Å²) in [7, 11) is -0.305. The molecule has 0 bridgehead atoms. The molecule has 27 heavy (non-hydrogen) atoms. The average molecular weight is 387 g/mol. The summed E-state index contributed by atoms with van der Waals surface area (Å²) in [6.45, 7) is 11.4. The van der Waals surface area contributed by atoms with Crippen molar-refractivity contribution in [3.8, 4) is 5.75 Å². The van der Waals surface area contributed by atoms with Crippen molar-refractivity contribution in [1.82, 2.24) is 10.3 Å². The summed E-state index contributed by atoms with van der Waals surface area (Å²) < 4.78 is 11.6. The molecule has 0 unspecified atom stereocenters. The third-order valence-corrected chi connectivity index (χ3v) is 9.64. The van der Waals surface area contributed by atoms with Gasteiger partial charge in [0.1, 0.15) is 11.4 Å². The van der Waals surface area contributed by atoms with Gasteiger partial charge < -0.3 is 14.5 Å². The number of pyridine rings is 1. The molecular weight excluding hydrogens is 356 g/mol. The molecule has 1 heterocycles. The van der Waals surface area contributed by atoms with Gasteiger partial charge >= 0.3 is 0 Å². The van der Waals surface area contributed by atoms with Gasteiger partial charge in [0.2, 0.25) is 0 Å². The normalized spacial score (nSPS) is 13.1. The van der Waals surface area contributed by atoms with Gasteiger partial charge in [-0.1, -0.05) is 39.0 Å². The minimum absolute atomic E-state index is 0.0997. The Morgan fingerprint density at radius 3 is 2.33 bits per heavy atom. The quantitative estimate of drug-likeness (QED) is 0.708. The number of hydrogen-bond donors (Lipinski definition) is 1. The third-order valence-electron chi connectivity index (χ3n) is 5.14. The average Bonchev–Trinajstić information content (AvgIpc) is 2.65. The van der Waals surface area contributed by atoms with E-state index < -0.39 is 8.32 Å². The zero-order chi connectivity index (χ0) is 20.1. The summed E-state index contributed by atoms with van der Waals surface area (Å²) in [5.41, 5.74) is 1.36. The summed E-state index contributed by atoms with van der Waals surface area (Å²) in [5, 5.41) is 3.17. The van der Waals surface area contributed by atoms with Crippen molar-refractivity contribution in [1.29, 1.82) is 0 Å². The number of nitrogens with zero attached hydrogens (tertiary/aromatic N) is 1. The van der Waals surface area contributed by atoms with E-state index in [1.54, 1.807) is 31.5 Å². The highest BCUT2D eigenvalue weighted by atomic mass is 28.4. The van der Waals surface area contributed by atoms with E-state index in [4.69, 9.17) is 9.16 Å². The maximum Gasteiger partial charge on any atom is 0.270 e. The molecule has 0 saturated carbocycles. The lowest BCUT2D eigenvalue weighted by molar-refractivity contribution is 0.0913. The number of methoxy groups -OCH3 is 1. The molecule has 2 aromatic rings. The van der Waals surface area contributed by atoms with Crippen LogP contribution < -0.4 is 10.1 Å². The lowest BCUT2D eigenvalue weighted by Crippen LogP contribution is -2.43. The largest absolute Gasteiger partial charge is 0.497 e. The highest BCUT2D eigenvalue weighted by molar-refractivity contribution is 6.74. The van der Waals surface area contributed by atoms with Gasteiger partial charge in [-0.25, -0.2) is 0 Å². The van der Waals surface area contributed by atoms with E-state index >= 15 is 0 Å². The fourth-order valence-corrected chi connectivity index (χ4v) is 3.31. The Morgan fingerprint density at radius 1 is 1.15 bits per heavy atom. The SMILES string of the molecule is COc1ccc([C@H](CO[Si](C)(C)C(C)(C)C)NC(=O)c2ccccn2)cc1. The maximum absolute atomic E-state index is 12.6. The lowest BCUT2D eigenvalue weighted by atomic mass is 10.1. The van der Waals surface area contributed by atoms with Crippen LogP contribution in [-0.2, 0) is 4.43 Å². The van der Waals surface area contributed by atoms with Crippen molar-refractivity contribution in [3.05, 3.63) is 59.9 Å². The molecule has 0 saturated heterocycles. The van der Waals surface area contributed by atoms with Gasteiger partial charge in [-0.2, -0.15) is 0 Å². The van der Waals surface area contributed by atoms with Crippen molar-refractivity contribution < 1.29 is 14.0 Å². The van der Waals surface area contributed by atoms with Gasteiger partial charge in [0.15, 0.2) is 8.32 Å². The summed E-state index contributed by atoms with van der Waals surface area (Å²) in [6, 6.07) is 12.7. The first kappa shape index (κ1) is 21.1. The van der Waals surface area contributed by atoms with Crippen LogP contribution in [0.4, 0.5) is 0 Å². The molecule has 0 fully saturated rings. The molecule has 146 valence electrons. The number of rotatable bonds is 7. The van der Waals surface area contributed by atoms with Crippen molar-refractivity contribution in [2.24, 2.45) is 0 Å². The van der Waals surface area contributed by atoms with E-state index in [0.29, 0.717) is 12.3 Å². The Hall–Kier alpha value is -2.18. The fraction of sp³-hybridized carbons (Fsp3) is 0.429. The van der Waals surface area contributed by atoms with Crippen LogP contribution in [0.25, 0.3) is 0 Å². The summed E-state index contributed by atoms with van der Waals surface area (Å²) in [5.74, 6) is 0.564. The van der Waals surface area contributed by atoms with Crippen molar-refractivity contribution in [2.75, 3.05) is 13.7 Å². The number of amides is 1. The van der Waals surface area contributed by atoms with E-state index in [1.165, 1.54) is 0 Å². The first-order valence-electron chi connectivity index (χ1n) is 9.14. The van der Waals surface area contributed by atoms with Crippen LogP contribution in [-0.4, -0.2) is 32.9 Å². The first-order valence-corrected chi connectivity index (χ1v) is 12.0. The Bertz CT molecular complexity index is 740. The predicted octanol–water partition coefficient (Wildman–Crippen LogP) is 4.58. The Morgan fingerprint density at radius 2 is 1.81 bits per heavy atom. The fourth-order valence-electron chi connectivity index (χ4n) is 2.29. The number of carbonyl (C=O) groups excluding carboxylic acids is 1. The van der Waals surface area contributed by atoms with Crippen LogP contribution in [0.1, 0.15) is 42.9 Å². The lowest BCUT2D eigenvalue weighted by Gasteiger charge is -2.37. The molecule has 1 N–H and O–H groups in total. The van der Waals surface area contributed by atoms with Crippen LogP contribution in [0.3, 0.4) is 0 Å². The molecule has 0 spiro atoms. The van der Waals surface area contributed by atoms with Crippen molar-refractivity contribution in [2.45, 2.75) is 44.9 Å². The Labute approximate surface area is 163 Å². The van der Waals surface area contributed by atoms with Gasteiger partial charge in [0.05, 0.1) is 19.8 Å². The van der Waals surface area contributed by atoms with E-state index in [9.17, 15) is 4.79 Å². The second-order valence-electron chi connectivity index (χ2n) is 8.09. The Kier molecular flexibility index (Phi) is 6.78. The monoisotopic (exact) mass is 386 g/mol. The molecule has 5 nitrogen and oxygen atoms in total. The molecule has 0 aliphatic carbocycles. The van der Waals surface area contributed by atoms with Gasteiger partial charge in [-0.3, -0.25) is 9.78 Å². The molecule has 0 radical (unpaired) electrons. The Balaban J connectivity index is 2.21. The summed E-state index contributed by atoms with van der Waals surface area (Å²) in [6.07, 6.45) is 1.61. The highest BCUT2D eigenvalue weighted by Gasteiger charge is 2.37. The van der Waals surface area contributed by atoms with Crippen LogP contribution >= 0.6 is 0 Å². The maximum atomic E-state index is 12.6. The standard InChI is InChI=1S/C21H30N2O3Si/c1-21(2,3)27(5,6)26-15-19(16-10-12-17(25-4)13-11-16)23-20(24)18-9-7-8-14-22-18/h7-14,19H,15H2,1-6H3,(H,23,24)/t19-/m0/s1. The van der Waals surface area contributed by atoms with Crippen molar-refractivity contribution in [3.63, 3.8) is 0 Å². The molecule has 1 aromatic heterocycles. The van der Waals surface area contributed by atoms with Gasteiger partial charge in [-0.05, 0) is 48.0 Å². The van der Waals surface area contributed by atoms with Crippen LogP contribution in [0.15, 0.2) is 48.7 Å². The van der Waals surface area contributed by atoms with E-state index in [0.717, 1.165) is 11.3 Å². The first-order chi connectivity index (χ1) is 12.6. The van der Waals surface area contributed by atoms with Gasteiger partial charge in [-0.15, -0.1) is 0 Å². The minimum atomic E-state index is -1.94. The molecule has 6 heteroatoms. The smallest absolute Gasteiger partial charge is 0.270 e. The molecule has 0 aliphatic rings. The molecular formula is C21H30N2O3Si. The number of carbonyl (C=O) groups is 1. The second kappa shape index (κ2) is 8.67. The number of hydrogen-bond acceptors (Lipinski definition) is 4. The molecule has 1 aromatic carbocycles. The summed E-state index contributed by atoms with van der Waals surface area (Å²) >= 11 is 0.